The van der Waals surface area contributed by atoms with Crippen LogP contribution in [0.3, 0.4) is 0 Å². The number of rotatable bonds is 3. The summed E-state index contributed by atoms with van der Waals surface area (Å²) in [6, 6.07) is 8.47. The van der Waals surface area contributed by atoms with E-state index in [1.807, 2.05) is 0 Å². The molecule has 0 spiro atoms. The van der Waals surface area contributed by atoms with Gasteiger partial charge in [-0.05, 0) is 43.2 Å². The molecule has 2 heteroatoms. The smallest absolute Gasteiger partial charge is 0.137 e. The average molecular weight is 271 g/mol. The minimum atomic E-state index is 0.0520. The van der Waals surface area contributed by atoms with Gasteiger partial charge in [0.05, 0.1) is 6.04 Å². The zero-order chi connectivity index (χ0) is 14.1. The molecular weight excluding hydrogens is 246 g/mol. The van der Waals surface area contributed by atoms with Crippen LogP contribution in [0, 0.1) is 18.8 Å². The average Bonchev–Trinajstić information content (AvgIpc) is 2.92. The lowest BCUT2D eigenvalue weighted by Gasteiger charge is -2.31. The molecule has 2 aromatic rings. The van der Waals surface area contributed by atoms with Gasteiger partial charge < -0.3 is 10.2 Å². The summed E-state index contributed by atoms with van der Waals surface area (Å²) in [6.45, 7) is 4.39. The number of aryl methyl sites for hydroxylation is 1. The van der Waals surface area contributed by atoms with Crippen LogP contribution in [0.5, 0.6) is 0 Å². The molecular formula is C18H25NO. The normalized spacial score (nSPS) is 24.9. The quantitative estimate of drug-likeness (QED) is 0.857. The van der Waals surface area contributed by atoms with Crippen molar-refractivity contribution in [1.82, 2.24) is 0 Å². The fourth-order valence-corrected chi connectivity index (χ4v) is 3.65. The maximum absolute atomic E-state index is 6.51. The Bertz CT molecular complexity index is 586. The Morgan fingerprint density at radius 3 is 2.95 bits per heavy atom. The maximum atomic E-state index is 6.51. The van der Waals surface area contributed by atoms with E-state index in [4.69, 9.17) is 10.2 Å². The number of furan rings is 1. The molecule has 3 rings (SSSR count). The molecule has 1 aliphatic carbocycles. The second kappa shape index (κ2) is 5.61. The number of hydrogen-bond donors (Lipinski definition) is 1. The van der Waals surface area contributed by atoms with Gasteiger partial charge >= 0.3 is 0 Å². The predicted octanol–water partition coefficient (Wildman–Crippen LogP) is 4.96. The SMILES string of the molecule is CCC1CCCC(C(N)c2cc3cccc(C)c3o2)C1. The molecule has 0 saturated heterocycles. The summed E-state index contributed by atoms with van der Waals surface area (Å²) >= 11 is 0. The number of hydrogen-bond acceptors (Lipinski definition) is 2. The lowest BCUT2D eigenvalue weighted by atomic mass is 9.76. The van der Waals surface area contributed by atoms with E-state index in [9.17, 15) is 0 Å². The van der Waals surface area contributed by atoms with Gasteiger partial charge in [-0.3, -0.25) is 0 Å². The third-order valence-electron chi connectivity index (χ3n) is 5.00. The molecule has 20 heavy (non-hydrogen) atoms. The first-order chi connectivity index (χ1) is 9.69. The molecule has 3 unspecified atom stereocenters. The molecule has 1 fully saturated rings. The predicted molar refractivity (Wildman–Crippen MR) is 83.6 cm³/mol. The number of nitrogens with two attached hydrogens (primary N) is 1. The van der Waals surface area contributed by atoms with E-state index in [-0.39, 0.29) is 6.04 Å². The highest BCUT2D eigenvalue weighted by Gasteiger charge is 2.28. The van der Waals surface area contributed by atoms with Crippen LogP contribution in [-0.4, -0.2) is 0 Å². The standard InChI is InChI=1S/C18H25NO/c1-3-13-7-5-8-14(10-13)17(19)16-11-15-9-4-6-12(2)18(15)20-16/h4,6,9,11,13-14,17H,3,5,7-8,10,19H2,1-2H3. The van der Waals surface area contributed by atoms with Crippen LogP contribution in [0.2, 0.25) is 0 Å². The molecule has 0 aliphatic heterocycles. The summed E-state index contributed by atoms with van der Waals surface area (Å²) in [4.78, 5) is 0. The Morgan fingerprint density at radius 2 is 2.20 bits per heavy atom. The zero-order valence-corrected chi connectivity index (χ0v) is 12.6. The van der Waals surface area contributed by atoms with Gasteiger partial charge in [-0.25, -0.2) is 0 Å². The van der Waals surface area contributed by atoms with E-state index < -0.39 is 0 Å². The third-order valence-corrected chi connectivity index (χ3v) is 5.00. The van der Waals surface area contributed by atoms with E-state index in [1.54, 1.807) is 0 Å². The van der Waals surface area contributed by atoms with Gasteiger partial charge in [-0.15, -0.1) is 0 Å². The molecule has 1 saturated carbocycles. The van der Waals surface area contributed by atoms with Crippen LogP contribution in [0.1, 0.15) is 56.4 Å². The fourth-order valence-electron chi connectivity index (χ4n) is 3.65. The molecule has 0 amide bonds. The largest absolute Gasteiger partial charge is 0.459 e. The first kappa shape index (κ1) is 13.7. The van der Waals surface area contributed by atoms with Crippen LogP contribution in [0.25, 0.3) is 11.0 Å². The topological polar surface area (TPSA) is 39.2 Å². The molecule has 0 bridgehead atoms. The summed E-state index contributed by atoms with van der Waals surface area (Å²) in [5, 5.41) is 1.18. The first-order valence-corrected chi connectivity index (χ1v) is 7.93. The lowest BCUT2D eigenvalue weighted by Crippen LogP contribution is -2.26. The van der Waals surface area contributed by atoms with Crippen LogP contribution in [0.15, 0.2) is 28.7 Å². The third kappa shape index (κ3) is 2.49. The minimum Gasteiger partial charge on any atom is -0.459 e. The van der Waals surface area contributed by atoms with Crippen molar-refractivity contribution >= 4 is 11.0 Å². The Hall–Kier alpha value is -1.28. The van der Waals surface area contributed by atoms with Crippen molar-refractivity contribution in [1.29, 1.82) is 0 Å². The van der Waals surface area contributed by atoms with E-state index in [0.717, 1.165) is 17.3 Å². The summed E-state index contributed by atoms with van der Waals surface area (Å²) in [7, 11) is 0. The molecule has 3 atom stereocenters. The van der Waals surface area contributed by atoms with Gasteiger partial charge in [0.2, 0.25) is 0 Å². The number of fused-ring (bicyclic) bond motifs is 1. The molecule has 1 heterocycles. The van der Waals surface area contributed by atoms with Gasteiger partial charge in [0.1, 0.15) is 11.3 Å². The van der Waals surface area contributed by atoms with Crippen molar-refractivity contribution in [2.24, 2.45) is 17.6 Å². The Labute approximate surface area is 121 Å². The van der Waals surface area contributed by atoms with E-state index in [2.05, 4.69) is 38.1 Å². The molecule has 108 valence electrons. The van der Waals surface area contributed by atoms with Crippen molar-refractivity contribution in [2.75, 3.05) is 0 Å². The number of benzene rings is 1. The Balaban J connectivity index is 1.84. The Kier molecular flexibility index (Phi) is 3.84. The minimum absolute atomic E-state index is 0.0520. The second-order valence-corrected chi connectivity index (χ2v) is 6.37. The van der Waals surface area contributed by atoms with Gasteiger partial charge in [0.25, 0.3) is 0 Å². The van der Waals surface area contributed by atoms with Gasteiger partial charge in [-0.1, -0.05) is 44.4 Å². The maximum Gasteiger partial charge on any atom is 0.137 e. The summed E-state index contributed by atoms with van der Waals surface area (Å²) in [5.41, 5.74) is 8.70. The molecule has 1 aromatic heterocycles. The van der Waals surface area contributed by atoms with Gasteiger partial charge in [-0.2, -0.15) is 0 Å². The first-order valence-electron chi connectivity index (χ1n) is 7.93. The molecule has 2 nitrogen and oxygen atoms in total. The van der Waals surface area contributed by atoms with Crippen LogP contribution < -0.4 is 5.73 Å². The van der Waals surface area contributed by atoms with E-state index >= 15 is 0 Å². The summed E-state index contributed by atoms with van der Waals surface area (Å²) in [5.74, 6) is 2.40. The van der Waals surface area contributed by atoms with Crippen molar-refractivity contribution in [3.05, 3.63) is 35.6 Å². The van der Waals surface area contributed by atoms with Crippen LogP contribution >= 0.6 is 0 Å². The van der Waals surface area contributed by atoms with Crippen molar-refractivity contribution in [2.45, 2.75) is 52.0 Å². The van der Waals surface area contributed by atoms with E-state index in [0.29, 0.717) is 5.92 Å². The van der Waals surface area contributed by atoms with Gasteiger partial charge in [0.15, 0.2) is 0 Å². The highest BCUT2D eigenvalue weighted by Crippen LogP contribution is 2.38. The second-order valence-electron chi connectivity index (χ2n) is 6.37. The summed E-state index contributed by atoms with van der Waals surface area (Å²) < 4.78 is 6.06. The molecule has 2 N–H and O–H groups in total. The van der Waals surface area contributed by atoms with Crippen molar-refractivity contribution in [3.63, 3.8) is 0 Å². The highest BCUT2D eigenvalue weighted by atomic mass is 16.3. The Morgan fingerprint density at radius 1 is 1.35 bits per heavy atom. The lowest BCUT2D eigenvalue weighted by molar-refractivity contribution is 0.218. The van der Waals surface area contributed by atoms with Crippen LogP contribution in [0.4, 0.5) is 0 Å². The molecule has 1 aliphatic rings. The van der Waals surface area contributed by atoms with Crippen molar-refractivity contribution in [3.8, 4) is 0 Å². The number of para-hydroxylation sites is 1. The zero-order valence-electron chi connectivity index (χ0n) is 12.6. The molecule has 0 radical (unpaired) electrons. The fraction of sp³-hybridized carbons (Fsp3) is 0.556. The summed E-state index contributed by atoms with van der Waals surface area (Å²) in [6.07, 6.45) is 6.47. The van der Waals surface area contributed by atoms with Gasteiger partial charge in [0, 0.05) is 5.39 Å². The molecule has 1 aromatic carbocycles. The van der Waals surface area contributed by atoms with Crippen molar-refractivity contribution < 1.29 is 4.42 Å². The highest BCUT2D eigenvalue weighted by molar-refractivity contribution is 5.81. The van der Waals surface area contributed by atoms with E-state index in [1.165, 1.54) is 43.1 Å². The monoisotopic (exact) mass is 271 g/mol. The van der Waals surface area contributed by atoms with Crippen LogP contribution in [-0.2, 0) is 0 Å².